The lowest BCUT2D eigenvalue weighted by Gasteiger charge is -2.27. The summed E-state index contributed by atoms with van der Waals surface area (Å²) in [5.41, 5.74) is 6.29. The first-order valence-electron chi connectivity index (χ1n) is 6.89. The predicted molar refractivity (Wildman–Crippen MR) is 86.1 cm³/mol. The van der Waals surface area contributed by atoms with Crippen molar-refractivity contribution in [3.05, 3.63) is 12.5 Å². The van der Waals surface area contributed by atoms with Gasteiger partial charge < -0.3 is 35.3 Å². The van der Waals surface area contributed by atoms with E-state index in [1.807, 2.05) is 0 Å². The van der Waals surface area contributed by atoms with E-state index in [1.165, 1.54) is 17.1 Å². The van der Waals surface area contributed by atoms with Crippen molar-refractivity contribution >= 4 is 45.4 Å². The molecule has 1 fully saturated rings. The summed E-state index contributed by atoms with van der Waals surface area (Å²) in [7, 11) is -1.77. The van der Waals surface area contributed by atoms with Crippen LogP contribution in [-0.4, -0.2) is 65.1 Å². The van der Waals surface area contributed by atoms with Crippen LogP contribution in [0.25, 0.3) is 11.0 Å². The Hall–Kier alpha value is -1.24. The number of ether oxygens (including phenoxy) is 1. The van der Waals surface area contributed by atoms with Crippen LogP contribution in [0, 0.1) is 0 Å². The van der Waals surface area contributed by atoms with Crippen LogP contribution in [0.1, 0.15) is 13.2 Å². The Morgan fingerprint density at radius 2 is 2.17 bits per heavy atom. The molecule has 0 spiro atoms. The number of rotatable bonds is 3. The molecule has 0 amide bonds. The second-order valence-electron chi connectivity index (χ2n) is 5.63. The maximum absolute atomic E-state index is 10.3. The molecular formula is C12H16BBrN4O5. The molecule has 1 saturated heterocycles. The molecule has 2 aromatic rings. The molecule has 3 rings (SSSR count). The van der Waals surface area contributed by atoms with Gasteiger partial charge in [-0.15, -0.1) is 0 Å². The number of hydrogen-bond donors (Lipinski definition) is 5. The van der Waals surface area contributed by atoms with Gasteiger partial charge in [-0.2, -0.15) is 0 Å². The van der Waals surface area contributed by atoms with Crippen LogP contribution in [0.15, 0.2) is 12.5 Å². The molecule has 124 valence electrons. The van der Waals surface area contributed by atoms with Crippen LogP contribution in [-0.2, 0) is 4.74 Å². The highest BCUT2D eigenvalue weighted by Crippen LogP contribution is 2.45. The van der Waals surface area contributed by atoms with Gasteiger partial charge in [0, 0.05) is 11.7 Å². The number of aromatic nitrogens is 3. The Kier molecular flexibility index (Phi) is 4.11. The highest BCUT2D eigenvalue weighted by molar-refractivity contribution is 9.10. The smallest absolute Gasteiger partial charge is 0.423 e. The van der Waals surface area contributed by atoms with Crippen molar-refractivity contribution in [3.8, 4) is 0 Å². The van der Waals surface area contributed by atoms with Crippen molar-refractivity contribution in [2.24, 2.45) is 0 Å². The quantitative estimate of drug-likeness (QED) is 0.303. The summed E-state index contributed by atoms with van der Waals surface area (Å²) in [4.78, 5) is 8.00. The second-order valence-corrected chi connectivity index (χ2v) is 7.34. The topological polar surface area (TPSA) is 147 Å². The molecule has 4 atom stereocenters. The van der Waals surface area contributed by atoms with E-state index in [0.29, 0.717) is 11.0 Å². The molecule has 6 N–H and O–H groups in total. The van der Waals surface area contributed by atoms with Crippen molar-refractivity contribution in [2.75, 3.05) is 12.3 Å². The van der Waals surface area contributed by atoms with Crippen LogP contribution in [0.5, 0.6) is 0 Å². The number of aliphatic hydroxyl groups is 2. The highest BCUT2D eigenvalue weighted by atomic mass is 79.9. The van der Waals surface area contributed by atoms with E-state index < -0.39 is 29.9 Å². The maximum Gasteiger partial charge on any atom is 0.490 e. The average molecular weight is 387 g/mol. The molecule has 1 aliphatic heterocycles. The van der Waals surface area contributed by atoms with Crippen molar-refractivity contribution in [3.63, 3.8) is 0 Å². The van der Waals surface area contributed by atoms with Crippen molar-refractivity contribution in [1.29, 1.82) is 0 Å². The van der Waals surface area contributed by atoms with Gasteiger partial charge in [-0.1, -0.05) is 15.9 Å². The lowest BCUT2D eigenvalue weighted by molar-refractivity contribution is -0.0437. The number of nitrogen functional groups attached to an aromatic ring is 1. The molecule has 9 nitrogen and oxygen atoms in total. The van der Waals surface area contributed by atoms with E-state index in [1.54, 1.807) is 6.92 Å². The van der Waals surface area contributed by atoms with Gasteiger partial charge in [0.05, 0.1) is 16.3 Å². The molecule has 0 bridgehead atoms. The number of aliphatic hydroxyl groups excluding tert-OH is 2. The summed E-state index contributed by atoms with van der Waals surface area (Å²) in [6.45, 7) is 1.36. The zero-order chi connectivity index (χ0) is 16.9. The molecule has 11 heteroatoms. The molecule has 2 aromatic heterocycles. The second kappa shape index (κ2) is 5.69. The van der Waals surface area contributed by atoms with Crippen LogP contribution in [0.2, 0.25) is 0 Å². The van der Waals surface area contributed by atoms with Crippen LogP contribution in [0.3, 0.4) is 0 Å². The highest BCUT2D eigenvalue weighted by Gasteiger charge is 2.52. The minimum absolute atomic E-state index is 0.102. The van der Waals surface area contributed by atoms with Crippen molar-refractivity contribution < 1.29 is 25.0 Å². The third-order valence-electron chi connectivity index (χ3n) is 4.10. The van der Waals surface area contributed by atoms with Gasteiger partial charge in [-0.3, -0.25) is 0 Å². The fraction of sp³-hybridized carbons (Fsp3) is 0.500. The molecule has 0 aromatic carbocycles. The number of anilines is 1. The fourth-order valence-electron chi connectivity index (χ4n) is 2.88. The number of halogens is 1. The van der Waals surface area contributed by atoms with E-state index >= 15 is 0 Å². The average Bonchev–Trinajstić information content (AvgIpc) is 2.97. The van der Waals surface area contributed by atoms with Gasteiger partial charge in [0.25, 0.3) is 0 Å². The van der Waals surface area contributed by atoms with Crippen molar-refractivity contribution in [2.45, 2.75) is 29.7 Å². The van der Waals surface area contributed by atoms with Gasteiger partial charge >= 0.3 is 7.12 Å². The van der Waals surface area contributed by atoms with Gasteiger partial charge in [0.2, 0.25) is 0 Å². The lowest BCUT2D eigenvalue weighted by Crippen LogP contribution is -2.39. The first kappa shape index (κ1) is 16.6. The zero-order valence-electron chi connectivity index (χ0n) is 12.2. The maximum atomic E-state index is 10.3. The van der Waals surface area contributed by atoms with E-state index in [2.05, 4.69) is 25.9 Å². The molecule has 0 saturated carbocycles. The Morgan fingerprint density at radius 1 is 1.48 bits per heavy atom. The van der Waals surface area contributed by atoms with Crippen molar-refractivity contribution in [1.82, 2.24) is 14.5 Å². The number of hydrogen-bond acceptors (Lipinski definition) is 8. The number of fused-ring (bicyclic) bond motifs is 1. The largest absolute Gasteiger partial charge is 0.490 e. The molecule has 1 aliphatic rings. The van der Waals surface area contributed by atoms with E-state index in [-0.39, 0.29) is 17.9 Å². The summed E-state index contributed by atoms with van der Waals surface area (Å²) < 4.78 is 6.33. The van der Waals surface area contributed by atoms with Gasteiger partial charge in [0.1, 0.15) is 30.0 Å². The molecule has 0 radical (unpaired) electrons. The first-order valence-corrected chi connectivity index (χ1v) is 7.68. The third kappa shape index (κ3) is 2.44. The van der Waals surface area contributed by atoms with Gasteiger partial charge in [0.15, 0.2) is 6.23 Å². The molecule has 3 heterocycles. The molecule has 0 aliphatic carbocycles. The monoisotopic (exact) mass is 386 g/mol. The van der Waals surface area contributed by atoms with Gasteiger partial charge in [-0.25, -0.2) is 9.97 Å². The zero-order valence-corrected chi connectivity index (χ0v) is 13.8. The normalized spacial score (nSPS) is 31.0. The summed E-state index contributed by atoms with van der Waals surface area (Å²) in [6.07, 6.45) is 0.179. The van der Waals surface area contributed by atoms with Crippen LogP contribution >= 0.6 is 15.9 Å². The Bertz CT molecular complexity index is 740. The lowest BCUT2D eigenvalue weighted by atomic mass is 9.80. The Morgan fingerprint density at radius 3 is 2.74 bits per heavy atom. The predicted octanol–water partition coefficient (Wildman–Crippen LogP) is -1.90. The standard InChI is InChI=1S/C12H16BBrN4O5/c1-12(14)8(20)6(3-19)23-11(12)18-2-5(13(21)22)7-9(15)16-4-17-10(7)18/h2,4,6,8,11,19-22H,3H2,1H3,(H2,15,16,17)/t6?,8?,11-,12-/m1/s1. The first-order chi connectivity index (χ1) is 10.8. The van der Waals surface area contributed by atoms with Crippen LogP contribution in [0.4, 0.5) is 5.82 Å². The number of alkyl halides is 1. The minimum atomic E-state index is -1.77. The summed E-state index contributed by atoms with van der Waals surface area (Å²) in [5, 5.41) is 39.1. The Balaban J connectivity index is 2.19. The van der Waals surface area contributed by atoms with E-state index in [4.69, 9.17) is 10.5 Å². The molecular weight excluding hydrogens is 371 g/mol. The fourth-order valence-corrected chi connectivity index (χ4v) is 3.50. The minimum Gasteiger partial charge on any atom is -0.423 e. The van der Waals surface area contributed by atoms with Crippen LogP contribution < -0.4 is 11.2 Å². The Labute approximate surface area is 140 Å². The summed E-state index contributed by atoms with van der Waals surface area (Å²) in [5.74, 6) is 0.102. The molecule has 2 unspecified atom stereocenters. The summed E-state index contributed by atoms with van der Waals surface area (Å²) >= 11 is 3.44. The van der Waals surface area contributed by atoms with Gasteiger partial charge in [-0.05, 0) is 6.92 Å². The summed E-state index contributed by atoms with van der Waals surface area (Å²) in [6, 6.07) is 0. The number of nitrogens with zero attached hydrogens (tertiary/aromatic N) is 3. The third-order valence-corrected chi connectivity index (χ3v) is 4.96. The van der Waals surface area contributed by atoms with E-state index in [0.717, 1.165) is 0 Å². The van der Waals surface area contributed by atoms with E-state index in [9.17, 15) is 20.3 Å². The SMILES string of the molecule is C[C@@]1(Br)C(O)C(CO)O[C@H]1n1cc(B(O)O)c2c(N)ncnc21. The molecule has 23 heavy (non-hydrogen) atoms. The number of nitrogens with two attached hydrogens (primary N) is 1.